The summed E-state index contributed by atoms with van der Waals surface area (Å²) in [5.41, 5.74) is 3.67. The molecule has 0 bridgehead atoms. The van der Waals surface area contributed by atoms with Gasteiger partial charge >= 0.3 is 0 Å². The summed E-state index contributed by atoms with van der Waals surface area (Å²) >= 11 is 0. The van der Waals surface area contributed by atoms with Crippen molar-refractivity contribution in [2.24, 2.45) is 5.92 Å². The van der Waals surface area contributed by atoms with Crippen LogP contribution in [0.2, 0.25) is 0 Å². The number of rotatable bonds is 4. The lowest BCUT2D eigenvalue weighted by Gasteiger charge is -2.04. The molecular weight excluding hydrogens is 169 g/mol. The summed E-state index contributed by atoms with van der Waals surface area (Å²) in [4.78, 5) is 5.12. The highest BCUT2D eigenvalue weighted by atomic mass is 19.1. The van der Waals surface area contributed by atoms with Gasteiger partial charge in [-0.2, -0.15) is 0 Å². The van der Waals surface area contributed by atoms with Gasteiger partial charge in [0.05, 0.1) is 12.3 Å². The first-order chi connectivity index (χ1) is 6.36. The van der Waals surface area contributed by atoms with Crippen LogP contribution in [0.4, 0.5) is 10.1 Å². The molecule has 3 heteroatoms. The second kappa shape index (κ2) is 3.75. The standard InChI is InChI=1S/C10H12FNO/c11-10-6-8(10)7-13-12-9-4-2-1-3-5-9/h1-5,8,10,12H,6-7H2/t8-,10-/m1/s1. The third-order valence-electron chi connectivity index (χ3n) is 2.10. The zero-order valence-electron chi connectivity index (χ0n) is 7.24. The number of nitrogens with one attached hydrogen (secondary N) is 1. The second-order valence-electron chi connectivity index (χ2n) is 3.29. The molecule has 70 valence electrons. The smallest absolute Gasteiger partial charge is 0.106 e. The number of alkyl halides is 1. The quantitative estimate of drug-likeness (QED) is 0.720. The van der Waals surface area contributed by atoms with Crippen LogP contribution >= 0.6 is 0 Å². The monoisotopic (exact) mass is 181 g/mol. The lowest BCUT2D eigenvalue weighted by Crippen LogP contribution is -2.05. The molecule has 0 unspecified atom stereocenters. The number of anilines is 1. The highest BCUT2D eigenvalue weighted by Crippen LogP contribution is 2.33. The molecule has 0 aromatic heterocycles. The van der Waals surface area contributed by atoms with E-state index in [1.807, 2.05) is 30.3 Å². The summed E-state index contributed by atoms with van der Waals surface area (Å²) in [6.45, 7) is 0.454. The number of hydrogen-bond acceptors (Lipinski definition) is 2. The van der Waals surface area contributed by atoms with E-state index in [1.54, 1.807) is 0 Å². The Morgan fingerprint density at radius 3 is 2.69 bits per heavy atom. The van der Waals surface area contributed by atoms with Crippen molar-refractivity contribution in [3.8, 4) is 0 Å². The lowest BCUT2D eigenvalue weighted by atomic mass is 10.3. The van der Waals surface area contributed by atoms with Crippen molar-refractivity contribution in [1.29, 1.82) is 0 Å². The molecule has 1 fully saturated rings. The first-order valence-electron chi connectivity index (χ1n) is 4.43. The van der Waals surface area contributed by atoms with Gasteiger partial charge in [0.25, 0.3) is 0 Å². The van der Waals surface area contributed by atoms with Gasteiger partial charge in [-0.05, 0) is 18.6 Å². The molecule has 1 aromatic carbocycles. The van der Waals surface area contributed by atoms with Crippen LogP contribution < -0.4 is 5.48 Å². The van der Waals surface area contributed by atoms with Gasteiger partial charge < -0.3 is 0 Å². The molecule has 2 nitrogen and oxygen atoms in total. The fraction of sp³-hybridized carbons (Fsp3) is 0.400. The third-order valence-corrected chi connectivity index (χ3v) is 2.10. The summed E-state index contributed by atoms with van der Waals surface area (Å²) in [6, 6.07) is 9.57. The normalized spacial score (nSPS) is 25.6. The Hall–Kier alpha value is -1.09. The van der Waals surface area contributed by atoms with Gasteiger partial charge in [-0.25, -0.2) is 4.39 Å². The first kappa shape index (κ1) is 8.51. The topological polar surface area (TPSA) is 21.3 Å². The van der Waals surface area contributed by atoms with Gasteiger partial charge in [0.15, 0.2) is 0 Å². The van der Waals surface area contributed by atoms with Crippen LogP contribution in [0.25, 0.3) is 0 Å². The van der Waals surface area contributed by atoms with Crippen LogP contribution in [-0.2, 0) is 4.84 Å². The number of halogens is 1. The maximum Gasteiger partial charge on any atom is 0.106 e. The Morgan fingerprint density at radius 1 is 1.38 bits per heavy atom. The Kier molecular flexibility index (Phi) is 2.45. The first-order valence-corrected chi connectivity index (χ1v) is 4.43. The minimum atomic E-state index is -0.641. The van der Waals surface area contributed by atoms with Gasteiger partial charge in [0.2, 0.25) is 0 Å². The molecule has 0 spiro atoms. The summed E-state index contributed by atoms with van der Waals surface area (Å²) < 4.78 is 12.4. The molecule has 2 rings (SSSR count). The summed E-state index contributed by atoms with van der Waals surface area (Å²) in [7, 11) is 0. The van der Waals surface area contributed by atoms with E-state index in [1.165, 1.54) is 0 Å². The Morgan fingerprint density at radius 2 is 2.08 bits per heavy atom. The van der Waals surface area contributed by atoms with Crippen LogP contribution in [0.3, 0.4) is 0 Å². The van der Waals surface area contributed by atoms with E-state index in [2.05, 4.69) is 5.48 Å². The van der Waals surface area contributed by atoms with E-state index in [0.29, 0.717) is 13.0 Å². The van der Waals surface area contributed by atoms with E-state index in [9.17, 15) is 4.39 Å². The predicted octanol–water partition coefficient (Wildman–Crippen LogP) is 2.39. The average molecular weight is 181 g/mol. The fourth-order valence-electron chi connectivity index (χ4n) is 1.12. The van der Waals surface area contributed by atoms with E-state index in [0.717, 1.165) is 5.69 Å². The van der Waals surface area contributed by atoms with Crippen molar-refractivity contribution in [3.63, 3.8) is 0 Å². The maximum absolute atomic E-state index is 12.4. The van der Waals surface area contributed by atoms with Gasteiger partial charge in [-0.1, -0.05) is 18.2 Å². The molecule has 1 aliphatic carbocycles. The van der Waals surface area contributed by atoms with Crippen LogP contribution in [0, 0.1) is 5.92 Å². The largest absolute Gasteiger partial charge is 0.276 e. The minimum absolute atomic E-state index is 0.108. The van der Waals surface area contributed by atoms with Crippen molar-refractivity contribution in [1.82, 2.24) is 0 Å². The van der Waals surface area contributed by atoms with E-state index in [-0.39, 0.29) is 5.92 Å². The zero-order valence-corrected chi connectivity index (χ0v) is 7.24. The molecule has 0 radical (unpaired) electrons. The molecule has 0 saturated heterocycles. The Bertz CT molecular complexity index is 265. The SMILES string of the molecule is F[C@@H]1C[C@@H]1CONc1ccccc1. The molecule has 0 heterocycles. The van der Waals surface area contributed by atoms with Crippen LogP contribution in [0.1, 0.15) is 6.42 Å². The van der Waals surface area contributed by atoms with E-state index < -0.39 is 6.17 Å². The summed E-state index contributed by atoms with van der Waals surface area (Å²) in [5, 5.41) is 0. The molecule has 1 N–H and O–H groups in total. The predicted molar refractivity (Wildman–Crippen MR) is 49.0 cm³/mol. The molecule has 0 amide bonds. The Balaban J connectivity index is 1.68. The minimum Gasteiger partial charge on any atom is -0.276 e. The average Bonchev–Trinajstić information content (AvgIpc) is 2.84. The fourth-order valence-corrected chi connectivity index (χ4v) is 1.12. The molecule has 1 saturated carbocycles. The highest BCUT2D eigenvalue weighted by molar-refractivity contribution is 5.39. The van der Waals surface area contributed by atoms with Gasteiger partial charge in [0, 0.05) is 5.92 Å². The molecule has 2 atom stereocenters. The van der Waals surface area contributed by atoms with E-state index >= 15 is 0 Å². The second-order valence-corrected chi connectivity index (χ2v) is 3.29. The van der Waals surface area contributed by atoms with Gasteiger partial charge in [-0.3, -0.25) is 10.3 Å². The molecule has 0 aliphatic heterocycles. The van der Waals surface area contributed by atoms with Crippen LogP contribution in [0.15, 0.2) is 30.3 Å². The van der Waals surface area contributed by atoms with Gasteiger partial charge in [0.1, 0.15) is 6.17 Å². The number of para-hydroxylation sites is 1. The Labute approximate surface area is 76.7 Å². The van der Waals surface area contributed by atoms with Crippen molar-refractivity contribution in [2.45, 2.75) is 12.6 Å². The highest BCUT2D eigenvalue weighted by Gasteiger charge is 2.37. The van der Waals surface area contributed by atoms with Crippen LogP contribution in [-0.4, -0.2) is 12.8 Å². The van der Waals surface area contributed by atoms with Crippen molar-refractivity contribution in [2.75, 3.05) is 12.1 Å². The molecular formula is C10H12FNO. The van der Waals surface area contributed by atoms with Crippen molar-refractivity contribution >= 4 is 5.69 Å². The van der Waals surface area contributed by atoms with Crippen molar-refractivity contribution < 1.29 is 9.23 Å². The summed E-state index contributed by atoms with van der Waals surface area (Å²) in [5.74, 6) is 0.108. The van der Waals surface area contributed by atoms with E-state index in [4.69, 9.17) is 4.84 Å². The van der Waals surface area contributed by atoms with Crippen LogP contribution in [0.5, 0.6) is 0 Å². The molecule has 1 aliphatic rings. The van der Waals surface area contributed by atoms with Crippen molar-refractivity contribution in [3.05, 3.63) is 30.3 Å². The van der Waals surface area contributed by atoms with Gasteiger partial charge in [-0.15, -0.1) is 0 Å². The third kappa shape index (κ3) is 2.42. The molecule has 13 heavy (non-hydrogen) atoms. The molecule has 1 aromatic rings. The number of hydrogen-bond donors (Lipinski definition) is 1. The lowest BCUT2D eigenvalue weighted by molar-refractivity contribution is 0.172. The maximum atomic E-state index is 12.4. The number of benzene rings is 1. The zero-order chi connectivity index (χ0) is 9.10. The summed E-state index contributed by atoms with van der Waals surface area (Å²) in [6.07, 6.45) is 0.00814.